The van der Waals surface area contributed by atoms with Crippen molar-refractivity contribution in [3.8, 4) is 11.5 Å². The molecule has 0 aromatic heterocycles. The second-order valence-electron chi connectivity index (χ2n) is 12.5. The number of hydrogen-bond acceptors (Lipinski definition) is 3. The predicted octanol–water partition coefficient (Wildman–Crippen LogP) is 9.24. The highest BCUT2D eigenvalue weighted by Crippen LogP contribution is 2.47. The quantitative estimate of drug-likeness (QED) is 0.150. The van der Waals surface area contributed by atoms with E-state index in [4.69, 9.17) is 5.73 Å². The lowest BCUT2D eigenvalue weighted by atomic mass is 9.64. The van der Waals surface area contributed by atoms with Gasteiger partial charge in [-0.25, -0.2) is 0 Å². The van der Waals surface area contributed by atoms with Crippen LogP contribution in [-0.4, -0.2) is 16.1 Å². The van der Waals surface area contributed by atoms with Crippen molar-refractivity contribution in [1.82, 2.24) is 0 Å². The number of primary amides is 1. The summed E-state index contributed by atoms with van der Waals surface area (Å²) in [7, 11) is 0. The first-order valence-corrected chi connectivity index (χ1v) is 16.4. The zero-order valence-corrected chi connectivity index (χ0v) is 25.7. The SMILES string of the molecule is CCCCCCC1(CCCCCCCCCCC(N)=O)c2ccc(O)cc2Cc2cccc(c2)Cc2cc(O)ccc21. The molecule has 226 valence electrons. The van der Waals surface area contributed by atoms with E-state index in [9.17, 15) is 15.0 Å². The largest absolute Gasteiger partial charge is 0.508 e. The third-order valence-corrected chi connectivity index (χ3v) is 9.22. The van der Waals surface area contributed by atoms with E-state index >= 15 is 0 Å². The fourth-order valence-electron chi connectivity index (χ4n) is 7.12. The minimum Gasteiger partial charge on any atom is -0.508 e. The molecule has 4 heteroatoms. The predicted molar refractivity (Wildman–Crippen MR) is 173 cm³/mol. The number of rotatable bonds is 16. The molecule has 4 N–H and O–H groups in total. The first-order chi connectivity index (χ1) is 20.4. The highest BCUT2D eigenvalue weighted by Gasteiger charge is 2.37. The van der Waals surface area contributed by atoms with Crippen LogP contribution in [-0.2, 0) is 23.1 Å². The van der Waals surface area contributed by atoms with Crippen molar-refractivity contribution in [3.05, 3.63) is 94.0 Å². The van der Waals surface area contributed by atoms with E-state index in [1.165, 1.54) is 84.7 Å². The molecule has 3 aromatic rings. The Morgan fingerprint density at radius 3 is 1.64 bits per heavy atom. The van der Waals surface area contributed by atoms with E-state index in [1.807, 2.05) is 24.3 Å². The van der Waals surface area contributed by atoms with E-state index in [-0.39, 0.29) is 11.3 Å². The molecule has 0 aliphatic heterocycles. The van der Waals surface area contributed by atoms with Crippen LogP contribution in [0.2, 0.25) is 0 Å². The molecular formula is C38H51NO3. The highest BCUT2D eigenvalue weighted by molar-refractivity contribution is 5.73. The summed E-state index contributed by atoms with van der Waals surface area (Å²) in [6.07, 6.45) is 18.2. The van der Waals surface area contributed by atoms with Gasteiger partial charge in [-0.3, -0.25) is 4.79 Å². The van der Waals surface area contributed by atoms with Crippen LogP contribution in [0.15, 0.2) is 60.7 Å². The van der Waals surface area contributed by atoms with Crippen LogP contribution in [0.5, 0.6) is 11.5 Å². The lowest BCUT2D eigenvalue weighted by Crippen LogP contribution is -2.31. The fourth-order valence-corrected chi connectivity index (χ4v) is 7.12. The van der Waals surface area contributed by atoms with Gasteiger partial charge in [0.05, 0.1) is 0 Å². The standard InChI is InChI=1S/C38H51NO3/c1-2-3-4-12-22-38(23-13-10-8-6-5-7-9-11-17-37(39)42)35-20-18-33(40)27-31(35)25-29-15-14-16-30(24-29)26-32-28-34(41)19-21-36(32)38/h14-16,18-21,24,27-28,40-41H,2-13,17,22-23,25-26H2,1H3,(H2,39,42). The molecule has 0 atom stereocenters. The van der Waals surface area contributed by atoms with Crippen LogP contribution in [0, 0.1) is 0 Å². The van der Waals surface area contributed by atoms with Gasteiger partial charge in [-0.2, -0.15) is 0 Å². The van der Waals surface area contributed by atoms with Gasteiger partial charge in [0.15, 0.2) is 0 Å². The smallest absolute Gasteiger partial charge is 0.217 e. The Balaban J connectivity index is 1.64. The lowest BCUT2D eigenvalue weighted by Gasteiger charge is -2.39. The number of carbonyl (C=O) groups excluding carboxylic acids is 1. The Morgan fingerprint density at radius 2 is 1.14 bits per heavy atom. The van der Waals surface area contributed by atoms with Crippen molar-refractivity contribution >= 4 is 5.91 Å². The Hall–Kier alpha value is -3.27. The Morgan fingerprint density at radius 1 is 0.667 bits per heavy atom. The monoisotopic (exact) mass is 569 g/mol. The summed E-state index contributed by atoms with van der Waals surface area (Å²) in [5.74, 6) is 0.452. The van der Waals surface area contributed by atoms with Crippen molar-refractivity contribution in [3.63, 3.8) is 0 Å². The number of hydrogen-bond donors (Lipinski definition) is 3. The van der Waals surface area contributed by atoms with Crippen LogP contribution in [0.4, 0.5) is 0 Å². The highest BCUT2D eigenvalue weighted by atomic mass is 16.3. The number of phenolic OH excluding ortho intramolecular Hbond substituents is 2. The first-order valence-electron chi connectivity index (χ1n) is 16.4. The van der Waals surface area contributed by atoms with Crippen molar-refractivity contribution in [2.75, 3.05) is 0 Å². The Bertz CT molecular complexity index is 1230. The topological polar surface area (TPSA) is 83.6 Å². The summed E-state index contributed by atoms with van der Waals surface area (Å²) in [5.41, 5.74) is 12.7. The minimum absolute atomic E-state index is 0.176. The number of unbranched alkanes of at least 4 members (excludes halogenated alkanes) is 10. The number of phenols is 2. The van der Waals surface area contributed by atoms with Gasteiger partial charge in [-0.05, 0) is 89.8 Å². The lowest BCUT2D eigenvalue weighted by molar-refractivity contribution is -0.118. The molecule has 0 saturated carbocycles. The van der Waals surface area contributed by atoms with Gasteiger partial charge < -0.3 is 15.9 Å². The molecular weight excluding hydrogens is 518 g/mol. The molecule has 0 heterocycles. The van der Waals surface area contributed by atoms with Gasteiger partial charge in [0.1, 0.15) is 11.5 Å². The molecule has 1 aliphatic rings. The maximum atomic E-state index is 11.0. The Labute approximate surface area is 253 Å². The Kier molecular flexibility index (Phi) is 11.9. The zero-order chi connectivity index (χ0) is 29.8. The maximum Gasteiger partial charge on any atom is 0.217 e. The third kappa shape index (κ3) is 8.63. The average Bonchev–Trinajstić information content (AvgIpc) is 2.95. The van der Waals surface area contributed by atoms with Gasteiger partial charge >= 0.3 is 0 Å². The van der Waals surface area contributed by atoms with Crippen molar-refractivity contribution in [2.45, 2.75) is 121 Å². The van der Waals surface area contributed by atoms with E-state index in [0.29, 0.717) is 17.9 Å². The van der Waals surface area contributed by atoms with E-state index in [1.54, 1.807) is 0 Å². The normalized spacial score (nSPS) is 13.7. The summed E-state index contributed by atoms with van der Waals surface area (Å²) in [6, 6.07) is 20.9. The zero-order valence-electron chi connectivity index (χ0n) is 25.7. The molecule has 1 aliphatic carbocycles. The van der Waals surface area contributed by atoms with Crippen LogP contribution < -0.4 is 5.73 Å². The maximum absolute atomic E-state index is 11.0. The number of amides is 1. The molecule has 42 heavy (non-hydrogen) atoms. The molecule has 1 amide bonds. The van der Waals surface area contributed by atoms with Gasteiger partial charge in [-0.1, -0.05) is 114 Å². The molecule has 0 spiro atoms. The molecule has 2 bridgehead atoms. The molecule has 0 radical (unpaired) electrons. The van der Waals surface area contributed by atoms with Crippen LogP contribution in [0.3, 0.4) is 0 Å². The average molecular weight is 570 g/mol. The second kappa shape index (κ2) is 15.8. The number of benzene rings is 3. The molecule has 0 fully saturated rings. The summed E-state index contributed by atoms with van der Waals surface area (Å²) in [5, 5.41) is 21.2. The molecule has 0 unspecified atom stereocenters. The molecule has 3 aromatic carbocycles. The van der Waals surface area contributed by atoms with E-state index in [2.05, 4.69) is 43.3 Å². The van der Waals surface area contributed by atoms with E-state index in [0.717, 1.165) is 51.4 Å². The second-order valence-corrected chi connectivity index (χ2v) is 12.5. The van der Waals surface area contributed by atoms with Gasteiger partial charge in [0.25, 0.3) is 0 Å². The van der Waals surface area contributed by atoms with Crippen molar-refractivity contribution in [2.24, 2.45) is 5.73 Å². The van der Waals surface area contributed by atoms with Crippen LogP contribution >= 0.6 is 0 Å². The molecule has 0 saturated heterocycles. The van der Waals surface area contributed by atoms with Gasteiger partial charge in [0.2, 0.25) is 5.91 Å². The molecule has 4 rings (SSSR count). The first kappa shape index (κ1) is 31.7. The molecule has 4 nitrogen and oxygen atoms in total. The van der Waals surface area contributed by atoms with Crippen LogP contribution in [0.1, 0.15) is 137 Å². The number of carbonyl (C=O) groups is 1. The van der Waals surface area contributed by atoms with Crippen molar-refractivity contribution < 1.29 is 15.0 Å². The summed E-state index contributed by atoms with van der Waals surface area (Å²) in [4.78, 5) is 11.0. The number of fused-ring (bicyclic) bond motifs is 4. The summed E-state index contributed by atoms with van der Waals surface area (Å²) in [6.45, 7) is 2.26. The van der Waals surface area contributed by atoms with Crippen LogP contribution in [0.25, 0.3) is 0 Å². The van der Waals surface area contributed by atoms with E-state index < -0.39 is 0 Å². The summed E-state index contributed by atoms with van der Waals surface area (Å²) >= 11 is 0. The summed E-state index contributed by atoms with van der Waals surface area (Å²) < 4.78 is 0. The fraction of sp³-hybridized carbons (Fsp3) is 0.500. The third-order valence-electron chi connectivity index (χ3n) is 9.22. The van der Waals surface area contributed by atoms with Gasteiger partial charge in [0, 0.05) is 11.8 Å². The van der Waals surface area contributed by atoms with Gasteiger partial charge in [-0.15, -0.1) is 0 Å². The van der Waals surface area contributed by atoms with Crippen molar-refractivity contribution in [1.29, 1.82) is 0 Å². The minimum atomic E-state index is -0.194. The number of aromatic hydroxyl groups is 2. The number of nitrogens with two attached hydrogens (primary N) is 1.